The molecule has 2 rings (SSSR count). The van der Waals surface area contributed by atoms with E-state index in [0.29, 0.717) is 19.2 Å². The minimum absolute atomic E-state index is 0. The number of hydrogen-bond acceptors (Lipinski definition) is 4. The van der Waals surface area contributed by atoms with Crippen LogP contribution in [0.3, 0.4) is 0 Å². The highest BCUT2D eigenvalue weighted by Crippen LogP contribution is 2.17. The highest BCUT2D eigenvalue weighted by molar-refractivity contribution is 5.89. The number of piperazine rings is 1. The molecule has 1 aromatic carbocycles. The Bertz CT molecular complexity index is 743. The molecule has 1 aliphatic rings. The number of amides is 2. The molecule has 10 heteroatoms. The Labute approximate surface area is 174 Å². The van der Waals surface area contributed by atoms with Gasteiger partial charge >= 0.3 is 0 Å². The van der Waals surface area contributed by atoms with Crippen LogP contribution in [0.4, 0.5) is 13.2 Å². The van der Waals surface area contributed by atoms with Crippen LogP contribution in [0.2, 0.25) is 0 Å². The van der Waals surface area contributed by atoms with Gasteiger partial charge in [-0.25, -0.2) is 13.2 Å². The molecule has 0 radical (unpaired) electrons. The van der Waals surface area contributed by atoms with Gasteiger partial charge in [0.2, 0.25) is 11.8 Å². The smallest absolute Gasteiger partial charge is 0.245 e. The van der Waals surface area contributed by atoms with Crippen LogP contribution >= 0.6 is 12.4 Å². The van der Waals surface area contributed by atoms with E-state index in [1.807, 2.05) is 20.8 Å². The minimum atomic E-state index is -1.29. The molecule has 1 heterocycles. The summed E-state index contributed by atoms with van der Waals surface area (Å²) in [7, 11) is 0. The molecular weight excluding hydrogens is 411 g/mol. The zero-order valence-electron chi connectivity index (χ0n) is 16.6. The van der Waals surface area contributed by atoms with Gasteiger partial charge in [-0.1, -0.05) is 0 Å². The van der Waals surface area contributed by atoms with Gasteiger partial charge < -0.3 is 20.7 Å². The van der Waals surface area contributed by atoms with Crippen LogP contribution in [0, 0.1) is 17.5 Å². The highest BCUT2D eigenvalue weighted by atomic mass is 35.5. The number of benzene rings is 1. The summed E-state index contributed by atoms with van der Waals surface area (Å²) in [6.07, 6.45) is -0.310. The van der Waals surface area contributed by atoms with Crippen LogP contribution in [0.1, 0.15) is 32.8 Å². The second kappa shape index (κ2) is 10.3. The van der Waals surface area contributed by atoms with E-state index in [2.05, 4.69) is 5.32 Å². The van der Waals surface area contributed by atoms with E-state index in [-0.39, 0.29) is 49.2 Å². The van der Waals surface area contributed by atoms with E-state index >= 15 is 0 Å². The van der Waals surface area contributed by atoms with Crippen molar-refractivity contribution in [2.24, 2.45) is 5.73 Å². The lowest BCUT2D eigenvalue weighted by molar-refractivity contribution is -0.148. The number of hydrogen-bond donors (Lipinski definition) is 2. The van der Waals surface area contributed by atoms with E-state index < -0.39 is 35.1 Å². The Balaban J connectivity index is 0.00000420. The van der Waals surface area contributed by atoms with Gasteiger partial charge in [-0.15, -0.1) is 12.4 Å². The summed E-state index contributed by atoms with van der Waals surface area (Å²) in [5.41, 5.74) is 5.34. The fraction of sp³-hybridized carbons (Fsp3) is 0.579. The molecule has 0 unspecified atom stereocenters. The van der Waals surface area contributed by atoms with Gasteiger partial charge in [-0.05, 0) is 38.8 Å². The number of nitrogens with two attached hydrogens (primary N) is 1. The predicted molar refractivity (Wildman–Crippen MR) is 104 cm³/mol. The quantitative estimate of drug-likeness (QED) is 0.666. The number of nitrogens with zero attached hydrogens (tertiary/aromatic N) is 1. The standard InChI is InChI=1S/C19H26F3N3O3.ClH/c1-19(2,3)28-10-16-18(27)24-4-5-25(16)17(26)8-12(23)6-11-7-14(21)15(22)9-13(11)20;/h7,9,12,16H,4-6,8,10,23H2,1-3H3,(H,24,27);1H/t12-,16-;/m1./s1. The topological polar surface area (TPSA) is 84.7 Å². The van der Waals surface area contributed by atoms with Crippen molar-refractivity contribution in [2.45, 2.75) is 51.3 Å². The maximum atomic E-state index is 13.8. The molecule has 0 saturated carbocycles. The second-order valence-electron chi connectivity index (χ2n) is 7.84. The van der Waals surface area contributed by atoms with E-state index in [1.165, 1.54) is 4.90 Å². The first-order valence-electron chi connectivity index (χ1n) is 9.08. The molecule has 2 amide bonds. The van der Waals surface area contributed by atoms with Crippen LogP contribution in [0.5, 0.6) is 0 Å². The minimum Gasteiger partial charge on any atom is -0.373 e. The Morgan fingerprint density at radius 1 is 1.28 bits per heavy atom. The molecular formula is C19H27ClF3N3O3. The number of rotatable bonds is 6. The molecule has 2 atom stereocenters. The first-order valence-corrected chi connectivity index (χ1v) is 9.08. The van der Waals surface area contributed by atoms with Crippen molar-refractivity contribution in [3.63, 3.8) is 0 Å². The molecule has 0 spiro atoms. The van der Waals surface area contributed by atoms with Crippen molar-refractivity contribution in [1.29, 1.82) is 0 Å². The van der Waals surface area contributed by atoms with Crippen molar-refractivity contribution in [3.05, 3.63) is 35.1 Å². The van der Waals surface area contributed by atoms with Crippen molar-refractivity contribution >= 4 is 24.2 Å². The molecule has 0 aromatic heterocycles. The monoisotopic (exact) mass is 437 g/mol. The lowest BCUT2D eigenvalue weighted by Gasteiger charge is -2.36. The van der Waals surface area contributed by atoms with Crippen molar-refractivity contribution in [3.8, 4) is 0 Å². The molecule has 1 aromatic rings. The molecule has 6 nitrogen and oxygen atoms in total. The first-order chi connectivity index (χ1) is 13.0. The van der Waals surface area contributed by atoms with E-state index in [9.17, 15) is 22.8 Å². The summed E-state index contributed by atoms with van der Waals surface area (Å²) in [6.45, 7) is 6.16. The largest absolute Gasteiger partial charge is 0.373 e. The lowest BCUT2D eigenvalue weighted by atomic mass is 10.0. The van der Waals surface area contributed by atoms with E-state index in [1.54, 1.807) is 0 Å². The molecule has 3 N–H and O–H groups in total. The van der Waals surface area contributed by atoms with Crippen molar-refractivity contribution in [2.75, 3.05) is 19.7 Å². The summed E-state index contributed by atoms with van der Waals surface area (Å²) >= 11 is 0. The third-order valence-electron chi connectivity index (χ3n) is 4.33. The van der Waals surface area contributed by atoms with Crippen LogP contribution in [0.25, 0.3) is 0 Å². The van der Waals surface area contributed by atoms with E-state index in [0.717, 1.165) is 6.07 Å². The first kappa shape index (κ1) is 25.2. The summed E-state index contributed by atoms with van der Waals surface area (Å²) in [4.78, 5) is 26.2. The van der Waals surface area contributed by atoms with Crippen LogP contribution in [-0.4, -0.2) is 54.1 Å². The van der Waals surface area contributed by atoms with Crippen LogP contribution in [0.15, 0.2) is 12.1 Å². The van der Waals surface area contributed by atoms with Crippen LogP contribution < -0.4 is 11.1 Å². The molecule has 164 valence electrons. The highest BCUT2D eigenvalue weighted by Gasteiger charge is 2.34. The lowest BCUT2D eigenvalue weighted by Crippen LogP contribution is -2.60. The third kappa shape index (κ3) is 7.17. The number of nitrogens with one attached hydrogen (secondary N) is 1. The molecule has 29 heavy (non-hydrogen) atoms. The van der Waals surface area contributed by atoms with Gasteiger partial charge in [0.25, 0.3) is 0 Å². The number of carbonyl (C=O) groups excluding carboxylic acids is 2. The Morgan fingerprint density at radius 2 is 1.90 bits per heavy atom. The average molecular weight is 438 g/mol. The fourth-order valence-corrected chi connectivity index (χ4v) is 2.92. The maximum Gasteiger partial charge on any atom is 0.245 e. The van der Waals surface area contributed by atoms with Gasteiger partial charge in [0.1, 0.15) is 11.9 Å². The Morgan fingerprint density at radius 3 is 2.52 bits per heavy atom. The molecule has 0 bridgehead atoms. The van der Waals surface area contributed by atoms with Gasteiger partial charge in [0, 0.05) is 31.6 Å². The number of ether oxygens (including phenoxy) is 1. The number of halogens is 4. The van der Waals surface area contributed by atoms with E-state index in [4.69, 9.17) is 10.5 Å². The predicted octanol–water partition coefficient (Wildman–Crippen LogP) is 1.93. The third-order valence-corrected chi connectivity index (χ3v) is 4.33. The van der Waals surface area contributed by atoms with Gasteiger partial charge in [0.05, 0.1) is 12.2 Å². The maximum absolute atomic E-state index is 13.8. The summed E-state index contributed by atoms with van der Waals surface area (Å²) in [6, 6.07) is -0.411. The SMILES string of the molecule is CC(C)(C)OC[C@@H]1C(=O)NCCN1C(=O)C[C@H](N)Cc1cc(F)c(F)cc1F.Cl. The molecule has 0 aliphatic carbocycles. The van der Waals surface area contributed by atoms with Crippen LogP contribution in [-0.2, 0) is 20.7 Å². The zero-order valence-corrected chi connectivity index (χ0v) is 17.5. The number of carbonyl (C=O) groups is 2. The zero-order chi connectivity index (χ0) is 21.1. The second-order valence-corrected chi connectivity index (χ2v) is 7.84. The van der Waals surface area contributed by atoms with Gasteiger partial charge in [0.15, 0.2) is 11.6 Å². The summed E-state index contributed by atoms with van der Waals surface area (Å²) in [5.74, 6) is -4.08. The van der Waals surface area contributed by atoms with Gasteiger partial charge in [-0.3, -0.25) is 9.59 Å². The summed E-state index contributed by atoms with van der Waals surface area (Å²) in [5, 5.41) is 2.69. The van der Waals surface area contributed by atoms with Crippen molar-refractivity contribution < 1.29 is 27.5 Å². The summed E-state index contributed by atoms with van der Waals surface area (Å²) < 4.78 is 45.8. The average Bonchev–Trinajstić information content (AvgIpc) is 2.57. The molecule has 1 fully saturated rings. The Hall–Kier alpha value is -1.84. The normalized spacial score (nSPS) is 18.1. The fourth-order valence-electron chi connectivity index (χ4n) is 2.92. The molecule has 1 aliphatic heterocycles. The molecule has 1 saturated heterocycles. The van der Waals surface area contributed by atoms with Crippen molar-refractivity contribution in [1.82, 2.24) is 10.2 Å². The van der Waals surface area contributed by atoms with Gasteiger partial charge in [-0.2, -0.15) is 0 Å². The Kier molecular flexibility index (Phi) is 8.92.